The molecule has 0 heterocycles. The van der Waals surface area contributed by atoms with Gasteiger partial charge in [-0.1, -0.05) is 0 Å². The van der Waals surface area contributed by atoms with Gasteiger partial charge in [-0.25, -0.2) is 0 Å². The molecule has 160 valence electrons. The van der Waals surface area contributed by atoms with Crippen molar-refractivity contribution in [1.29, 1.82) is 0 Å². The quantitative estimate of drug-likeness (QED) is 0.137. The minimum atomic E-state index is 0.352. The Labute approximate surface area is 206 Å². The van der Waals surface area contributed by atoms with Crippen molar-refractivity contribution in [3.63, 3.8) is 0 Å². The van der Waals surface area contributed by atoms with E-state index in [4.69, 9.17) is 9.47 Å². The Hall–Kier alpha value is -1.52. The third-order valence-electron chi connectivity index (χ3n) is 4.94. The van der Waals surface area contributed by atoms with Crippen LogP contribution in [0.15, 0.2) is 84.9 Å². The molecule has 0 saturated heterocycles. The maximum absolute atomic E-state index is 6.11. The Bertz CT molecular complexity index is 1030. The summed E-state index contributed by atoms with van der Waals surface area (Å²) in [5.74, 6) is 1.91. The van der Waals surface area contributed by atoms with Crippen molar-refractivity contribution in [2.75, 3.05) is 13.2 Å². The predicted molar refractivity (Wildman–Crippen MR) is 140 cm³/mol. The Morgan fingerprint density at radius 2 is 1.00 bits per heavy atom. The molecule has 0 amide bonds. The van der Waals surface area contributed by atoms with Crippen LogP contribution >= 0.6 is 31.9 Å². The Morgan fingerprint density at radius 1 is 0.581 bits per heavy atom. The molecule has 0 bridgehead atoms. The van der Waals surface area contributed by atoms with Crippen molar-refractivity contribution in [3.8, 4) is 11.5 Å². The van der Waals surface area contributed by atoms with Gasteiger partial charge in [0.25, 0.3) is 0 Å². The number of hydrogen-bond donors (Lipinski definition) is 0. The van der Waals surface area contributed by atoms with Gasteiger partial charge in [-0.2, -0.15) is 0 Å². The van der Waals surface area contributed by atoms with E-state index in [0.29, 0.717) is 37.8 Å². The molecule has 0 aliphatic rings. The molecule has 4 rings (SSSR count). The molecule has 0 fully saturated rings. The number of alkyl halides is 2. The van der Waals surface area contributed by atoms with E-state index in [0.717, 1.165) is 22.1 Å². The molecule has 2 nitrogen and oxygen atoms in total. The molecule has 2 atom stereocenters. The molecular formula is C26H24Br2O2Se. The topological polar surface area (TPSA) is 18.5 Å². The van der Waals surface area contributed by atoms with E-state index in [1.807, 2.05) is 12.1 Å². The van der Waals surface area contributed by atoms with E-state index < -0.39 is 0 Å². The van der Waals surface area contributed by atoms with Crippen molar-refractivity contribution in [1.82, 2.24) is 0 Å². The van der Waals surface area contributed by atoms with Gasteiger partial charge in [0.05, 0.1) is 0 Å². The number of ether oxygens (including phenoxy) is 2. The molecule has 0 aliphatic heterocycles. The first-order valence-corrected chi connectivity index (χ1v) is 14.5. The monoisotopic (exact) mass is 606 g/mol. The molecule has 5 heteroatoms. The number of halogens is 2. The van der Waals surface area contributed by atoms with Gasteiger partial charge in [-0.3, -0.25) is 0 Å². The van der Waals surface area contributed by atoms with Gasteiger partial charge in [0, 0.05) is 0 Å². The van der Waals surface area contributed by atoms with Gasteiger partial charge < -0.3 is 0 Å². The zero-order chi connectivity index (χ0) is 21.5. The number of benzene rings is 4. The first-order valence-electron chi connectivity index (χ1n) is 10.3. The standard InChI is InChI=1S/C26H24Br2O2Se/c27-21(15-29-25-13-5-9-19-7-1-3-11-23(19)25)17-31-18-22(28)16-30-26-14-6-10-20-8-2-4-12-24(20)26/h1-14,21-22H,15-18H2. The van der Waals surface area contributed by atoms with E-state index in [2.05, 4.69) is 105 Å². The fourth-order valence-corrected chi connectivity index (χ4v) is 7.39. The van der Waals surface area contributed by atoms with Crippen molar-refractivity contribution in [2.45, 2.75) is 20.3 Å². The average Bonchev–Trinajstić information content (AvgIpc) is 2.81. The van der Waals surface area contributed by atoms with Gasteiger partial charge >= 0.3 is 208 Å². The number of rotatable bonds is 10. The fourth-order valence-electron chi connectivity index (χ4n) is 3.42. The molecule has 0 N–H and O–H groups in total. The fraction of sp³-hybridized carbons (Fsp3) is 0.231. The minimum absolute atomic E-state index is 0.352. The zero-order valence-corrected chi connectivity index (χ0v) is 21.9. The van der Waals surface area contributed by atoms with Gasteiger partial charge in [0.2, 0.25) is 0 Å². The average molecular weight is 607 g/mol. The van der Waals surface area contributed by atoms with Crippen LogP contribution in [-0.2, 0) is 0 Å². The van der Waals surface area contributed by atoms with E-state index >= 15 is 0 Å². The first-order chi connectivity index (χ1) is 15.2. The van der Waals surface area contributed by atoms with Crippen LogP contribution in [0.3, 0.4) is 0 Å². The molecular weight excluding hydrogens is 583 g/mol. The number of fused-ring (bicyclic) bond motifs is 2. The Kier molecular flexibility index (Phi) is 8.32. The van der Waals surface area contributed by atoms with Gasteiger partial charge in [0.1, 0.15) is 0 Å². The van der Waals surface area contributed by atoms with Crippen LogP contribution in [0.2, 0.25) is 10.6 Å². The summed E-state index contributed by atoms with van der Waals surface area (Å²) in [6.07, 6.45) is 0. The molecule has 0 aromatic heterocycles. The van der Waals surface area contributed by atoms with Crippen molar-refractivity contribution in [2.24, 2.45) is 0 Å². The van der Waals surface area contributed by atoms with Crippen LogP contribution in [0.4, 0.5) is 0 Å². The summed E-state index contributed by atoms with van der Waals surface area (Å²) in [6, 6.07) is 29.1. The summed E-state index contributed by atoms with van der Waals surface area (Å²) in [5.41, 5.74) is 0. The predicted octanol–water partition coefficient (Wildman–Crippen LogP) is 7.52. The van der Waals surface area contributed by atoms with Crippen LogP contribution in [0.25, 0.3) is 21.5 Å². The molecule has 0 spiro atoms. The third-order valence-corrected chi connectivity index (χ3v) is 10.7. The second-order valence-electron chi connectivity index (χ2n) is 7.31. The molecule has 4 aromatic carbocycles. The zero-order valence-electron chi connectivity index (χ0n) is 17.0. The summed E-state index contributed by atoms with van der Waals surface area (Å²) in [6.45, 7) is 1.35. The van der Waals surface area contributed by atoms with E-state index in [9.17, 15) is 0 Å². The van der Waals surface area contributed by atoms with Crippen LogP contribution in [0.1, 0.15) is 0 Å². The summed E-state index contributed by atoms with van der Waals surface area (Å²) in [7, 11) is 0. The summed E-state index contributed by atoms with van der Waals surface area (Å²) in [4.78, 5) is 0.704. The Balaban J connectivity index is 1.20. The first kappa shape index (κ1) is 22.7. The van der Waals surface area contributed by atoms with Crippen LogP contribution in [0, 0.1) is 0 Å². The number of hydrogen-bond acceptors (Lipinski definition) is 2. The van der Waals surface area contributed by atoms with E-state index in [1.54, 1.807) is 0 Å². The molecule has 4 aromatic rings. The molecule has 2 unspecified atom stereocenters. The second kappa shape index (κ2) is 11.4. The van der Waals surface area contributed by atoms with Crippen molar-refractivity contribution in [3.05, 3.63) is 84.9 Å². The van der Waals surface area contributed by atoms with E-state index in [1.165, 1.54) is 21.5 Å². The third kappa shape index (κ3) is 6.26. The normalized spacial score (nSPS) is 13.2. The van der Waals surface area contributed by atoms with E-state index in [-0.39, 0.29) is 0 Å². The van der Waals surface area contributed by atoms with Crippen LogP contribution in [-0.4, -0.2) is 37.8 Å². The summed E-state index contributed by atoms with van der Waals surface area (Å²) in [5, 5.41) is 7.00. The summed E-state index contributed by atoms with van der Waals surface area (Å²) < 4.78 is 12.2. The maximum atomic E-state index is 6.11. The van der Waals surface area contributed by atoms with Gasteiger partial charge in [-0.15, -0.1) is 0 Å². The van der Waals surface area contributed by atoms with Gasteiger partial charge in [-0.05, 0) is 0 Å². The Morgan fingerprint density at radius 3 is 1.48 bits per heavy atom. The summed E-state index contributed by atoms with van der Waals surface area (Å²) >= 11 is 8.10. The van der Waals surface area contributed by atoms with Crippen molar-refractivity contribution < 1.29 is 9.47 Å². The second-order valence-corrected chi connectivity index (χ2v) is 12.2. The van der Waals surface area contributed by atoms with Crippen LogP contribution < -0.4 is 9.47 Å². The van der Waals surface area contributed by atoms with Gasteiger partial charge in [0.15, 0.2) is 0 Å². The SMILES string of the molecule is BrC(COc1cccc2ccccc12)C[Se]CC(Br)COc1cccc2ccccc12. The van der Waals surface area contributed by atoms with Crippen LogP contribution in [0.5, 0.6) is 11.5 Å². The van der Waals surface area contributed by atoms with Crippen molar-refractivity contribution >= 4 is 68.4 Å². The molecule has 0 saturated carbocycles. The molecule has 31 heavy (non-hydrogen) atoms. The molecule has 0 aliphatic carbocycles. The molecule has 0 radical (unpaired) electrons.